The molecule has 1 N–H and O–H groups in total. The first-order chi connectivity index (χ1) is 9.08. The minimum atomic E-state index is -0.298. The molecule has 7 heteroatoms. The van der Waals surface area contributed by atoms with Crippen LogP contribution in [0.3, 0.4) is 0 Å². The summed E-state index contributed by atoms with van der Waals surface area (Å²) in [6.45, 7) is 0. The quantitative estimate of drug-likeness (QED) is 0.559. The molecule has 0 unspecified atom stereocenters. The second-order valence-corrected chi connectivity index (χ2v) is 5.88. The Morgan fingerprint density at radius 1 is 1.21 bits per heavy atom. The molecule has 0 fully saturated rings. The van der Waals surface area contributed by atoms with Crippen LogP contribution in [0.5, 0.6) is 0 Å². The molecule has 1 heterocycles. The second kappa shape index (κ2) is 6.49. The fraction of sp³-hybridized carbons (Fsp3) is 0. The van der Waals surface area contributed by atoms with Gasteiger partial charge in [0.15, 0.2) is 4.67 Å². The zero-order valence-electron chi connectivity index (χ0n) is 9.36. The molecule has 2 rings (SSSR count). The maximum absolute atomic E-state index is 11.8. The highest BCUT2D eigenvalue weighted by molar-refractivity contribution is 9.13. The monoisotopic (exact) mass is 448 g/mol. The van der Waals surface area contributed by atoms with Crippen molar-refractivity contribution in [1.29, 1.82) is 0 Å². The number of halogens is 3. The molecule has 2 aromatic rings. The Balaban J connectivity index is 2.03. The minimum Gasteiger partial charge on any atom is -0.447 e. The fourth-order valence-corrected chi connectivity index (χ4v) is 2.36. The van der Waals surface area contributed by atoms with Crippen LogP contribution in [0, 0.1) is 0 Å². The number of nitrogens with zero attached hydrogens (tertiary/aromatic N) is 1. The maximum atomic E-state index is 11.8. The van der Waals surface area contributed by atoms with E-state index in [1.54, 1.807) is 24.3 Å². The number of hydrogen-bond acceptors (Lipinski definition) is 3. The molecule has 0 atom stereocenters. The molecule has 0 bridgehead atoms. The summed E-state index contributed by atoms with van der Waals surface area (Å²) in [7, 11) is 0. The molecule has 1 amide bonds. The third-order valence-electron chi connectivity index (χ3n) is 2.14. The molecular formula is C12H7Br3N2O2. The van der Waals surface area contributed by atoms with Crippen molar-refractivity contribution in [3.63, 3.8) is 0 Å². The summed E-state index contributed by atoms with van der Waals surface area (Å²) >= 11 is 9.80. The molecule has 0 aliphatic carbocycles. The summed E-state index contributed by atoms with van der Waals surface area (Å²) in [5.74, 6) is 0.222. The van der Waals surface area contributed by atoms with E-state index in [0.29, 0.717) is 20.5 Å². The van der Waals surface area contributed by atoms with Gasteiger partial charge in [-0.25, -0.2) is 5.43 Å². The van der Waals surface area contributed by atoms with Crippen molar-refractivity contribution in [2.75, 3.05) is 0 Å². The van der Waals surface area contributed by atoms with Crippen LogP contribution < -0.4 is 5.43 Å². The minimum absolute atomic E-state index is 0.298. The molecule has 0 radical (unpaired) electrons. The van der Waals surface area contributed by atoms with Crippen LogP contribution in [0.2, 0.25) is 0 Å². The summed E-state index contributed by atoms with van der Waals surface area (Å²) in [4.78, 5) is 11.8. The highest BCUT2D eigenvalue weighted by Gasteiger charge is 2.08. The van der Waals surface area contributed by atoms with Crippen molar-refractivity contribution in [2.24, 2.45) is 5.10 Å². The Kier molecular flexibility index (Phi) is 4.95. The normalized spacial score (nSPS) is 10.9. The van der Waals surface area contributed by atoms with Gasteiger partial charge in [0.05, 0.1) is 16.3 Å². The van der Waals surface area contributed by atoms with Crippen molar-refractivity contribution >= 4 is 59.9 Å². The number of furan rings is 1. The topological polar surface area (TPSA) is 54.6 Å². The van der Waals surface area contributed by atoms with E-state index in [2.05, 4.69) is 58.3 Å². The summed E-state index contributed by atoms with van der Waals surface area (Å²) in [6.07, 6.45) is 1.42. The van der Waals surface area contributed by atoms with E-state index in [0.717, 1.165) is 4.47 Å². The first-order valence-electron chi connectivity index (χ1n) is 5.10. The van der Waals surface area contributed by atoms with Gasteiger partial charge in [-0.2, -0.15) is 5.10 Å². The number of rotatable bonds is 3. The van der Waals surface area contributed by atoms with Gasteiger partial charge < -0.3 is 4.42 Å². The van der Waals surface area contributed by atoms with Crippen molar-refractivity contribution in [3.8, 4) is 0 Å². The molecule has 0 saturated heterocycles. The van der Waals surface area contributed by atoms with Crippen LogP contribution in [0.1, 0.15) is 16.1 Å². The Morgan fingerprint density at radius 3 is 2.58 bits per heavy atom. The Labute approximate surface area is 134 Å². The smallest absolute Gasteiger partial charge is 0.272 e. The average Bonchev–Trinajstić information content (AvgIpc) is 2.69. The Morgan fingerprint density at radius 2 is 1.95 bits per heavy atom. The highest BCUT2D eigenvalue weighted by atomic mass is 79.9. The summed E-state index contributed by atoms with van der Waals surface area (Å²) < 4.78 is 7.36. The van der Waals surface area contributed by atoms with Gasteiger partial charge in [0, 0.05) is 10.5 Å². The van der Waals surface area contributed by atoms with Gasteiger partial charge in [-0.05, 0) is 59.9 Å². The van der Waals surface area contributed by atoms with Crippen LogP contribution in [0.15, 0.2) is 53.5 Å². The number of benzene rings is 1. The van der Waals surface area contributed by atoms with Gasteiger partial charge in [-0.1, -0.05) is 12.1 Å². The maximum Gasteiger partial charge on any atom is 0.272 e. The lowest BCUT2D eigenvalue weighted by atomic mass is 10.2. The average molecular weight is 451 g/mol. The zero-order chi connectivity index (χ0) is 13.8. The van der Waals surface area contributed by atoms with Crippen LogP contribution in [-0.2, 0) is 0 Å². The third kappa shape index (κ3) is 3.77. The first-order valence-corrected chi connectivity index (χ1v) is 7.48. The van der Waals surface area contributed by atoms with E-state index in [1.807, 2.05) is 6.07 Å². The lowest BCUT2D eigenvalue weighted by Crippen LogP contribution is -2.17. The molecule has 4 nitrogen and oxygen atoms in total. The van der Waals surface area contributed by atoms with Crippen LogP contribution in [0.25, 0.3) is 0 Å². The summed E-state index contributed by atoms with van der Waals surface area (Å²) in [5, 5.41) is 3.83. The number of hydrogen-bond donors (Lipinski definition) is 1. The molecule has 1 aromatic carbocycles. The lowest BCUT2D eigenvalue weighted by molar-refractivity contribution is 0.0954. The largest absolute Gasteiger partial charge is 0.447 e. The van der Waals surface area contributed by atoms with Gasteiger partial charge in [-0.3, -0.25) is 4.79 Å². The molecule has 98 valence electrons. The van der Waals surface area contributed by atoms with Gasteiger partial charge in [0.2, 0.25) is 0 Å². The van der Waals surface area contributed by atoms with Gasteiger partial charge in [-0.15, -0.1) is 0 Å². The molecule has 19 heavy (non-hydrogen) atoms. The number of amides is 1. The van der Waals surface area contributed by atoms with Crippen LogP contribution in [0.4, 0.5) is 0 Å². The summed E-state index contributed by atoms with van der Waals surface area (Å²) in [6, 6.07) is 8.85. The number of nitrogens with one attached hydrogen (secondary N) is 1. The van der Waals surface area contributed by atoms with Crippen LogP contribution >= 0.6 is 47.8 Å². The molecular weight excluding hydrogens is 444 g/mol. The number of hydrazone groups is 1. The number of carbonyl (C=O) groups excluding carboxylic acids is 1. The van der Waals surface area contributed by atoms with E-state index >= 15 is 0 Å². The van der Waals surface area contributed by atoms with Crippen molar-refractivity contribution in [3.05, 3.63) is 55.3 Å². The lowest BCUT2D eigenvalue weighted by Gasteiger charge is -2.01. The Bertz CT molecular complexity index is 618. The molecule has 0 saturated carbocycles. The van der Waals surface area contributed by atoms with Crippen molar-refractivity contribution in [1.82, 2.24) is 5.43 Å². The van der Waals surface area contributed by atoms with Crippen molar-refractivity contribution in [2.45, 2.75) is 0 Å². The van der Waals surface area contributed by atoms with Gasteiger partial charge >= 0.3 is 0 Å². The third-order valence-corrected chi connectivity index (χ3v) is 4.54. The molecule has 0 aliphatic rings. The van der Waals surface area contributed by atoms with E-state index in [1.165, 1.54) is 6.21 Å². The standard InChI is InChI=1S/C12H7Br3N2O2/c13-9-4-2-1-3-8(9)12(18)17-16-6-7-5-10(14)11(15)19-7/h1-6H,(H,17,18). The molecule has 0 aliphatic heterocycles. The zero-order valence-corrected chi connectivity index (χ0v) is 14.1. The van der Waals surface area contributed by atoms with E-state index in [4.69, 9.17) is 4.42 Å². The van der Waals surface area contributed by atoms with E-state index in [9.17, 15) is 4.79 Å². The Hall–Kier alpha value is -0.920. The van der Waals surface area contributed by atoms with Gasteiger partial charge in [0.25, 0.3) is 5.91 Å². The van der Waals surface area contributed by atoms with E-state index < -0.39 is 0 Å². The molecule has 1 aromatic heterocycles. The fourth-order valence-electron chi connectivity index (χ4n) is 1.29. The SMILES string of the molecule is O=C(NN=Cc1cc(Br)c(Br)o1)c1ccccc1Br. The summed E-state index contributed by atoms with van der Waals surface area (Å²) in [5.41, 5.74) is 2.94. The van der Waals surface area contributed by atoms with Crippen LogP contribution in [-0.4, -0.2) is 12.1 Å². The predicted molar refractivity (Wildman–Crippen MR) is 83.3 cm³/mol. The second-order valence-electron chi connectivity index (χ2n) is 3.45. The predicted octanol–water partition coefficient (Wildman–Crippen LogP) is 4.33. The van der Waals surface area contributed by atoms with Crippen molar-refractivity contribution < 1.29 is 9.21 Å². The van der Waals surface area contributed by atoms with Gasteiger partial charge in [0.1, 0.15) is 5.76 Å². The highest BCUT2D eigenvalue weighted by Crippen LogP contribution is 2.25. The first kappa shape index (κ1) is 14.5. The molecule has 0 spiro atoms. The van der Waals surface area contributed by atoms with E-state index in [-0.39, 0.29) is 5.91 Å². The number of carbonyl (C=O) groups is 1.